The number of nitrogens with one attached hydrogen (secondary N) is 2. The molecular formula is C21H27N5O3S. The minimum Gasteiger partial charge on any atom is -0.334 e. The predicted molar refractivity (Wildman–Crippen MR) is 117 cm³/mol. The number of aryl methyl sites for hydroxylation is 1. The molecule has 0 aliphatic carbocycles. The third kappa shape index (κ3) is 5.17. The third-order valence-corrected chi connectivity index (χ3v) is 6.24. The van der Waals surface area contributed by atoms with Crippen molar-refractivity contribution in [3.05, 3.63) is 65.5 Å². The molecule has 1 heterocycles. The number of carbonyl (C=O) groups excluding carboxylic acids is 1. The number of urea groups is 1. The van der Waals surface area contributed by atoms with Crippen molar-refractivity contribution in [1.29, 1.82) is 0 Å². The first-order valence-corrected chi connectivity index (χ1v) is 11.4. The predicted octanol–water partition coefficient (Wildman–Crippen LogP) is 2.45. The normalized spacial score (nSPS) is 11.6. The minimum atomic E-state index is -3.30. The lowest BCUT2D eigenvalue weighted by Crippen LogP contribution is -2.37. The maximum atomic E-state index is 12.5. The number of amides is 2. The van der Waals surface area contributed by atoms with Crippen molar-refractivity contribution >= 4 is 27.1 Å². The van der Waals surface area contributed by atoms with Crippen molar-refractivity contribution < 1.29 is 13.2 Å². The quantitative estimate of drug-likeness (QED) is 0.575. The van der Waals surface area contributed by atoms with Gasteiger partial charge in [-0.05, 0) is 37.2 Å². The van der Waals surface area contributed by atoms with Crippen LogP contribution < -0.4 is 10.0 Å². The summed E-state index contributed by atoms with van der Waals surface area (Å²) in [5, 5.41) is 2.89. The van der Waals surface area contributed by atoms with Crippen LogP contribution in [-0.4, -0.2) is 43.0 Å². The highest BCUT2D eigenvalue weighted by Crippen LogP contribution is 2.17. The highest BCUT2D eigenvalue weighted by molar-refractivity contribution is 7.88. The van der Waals surface area contributed by atoms with E-state index in [0.29, 0.717) is 18.7 Å². The molecule has 3 aromatic rings. The Morgan fingerprint density at radius 2 is 1.77 bits per heavy atom. The highest BCUT2D eigenvalue weighted by atomic mass is 32.2. The molecule has 0 radical (unpaired) electrons. The van der Waals surface area contributed by atoms with Crippen LogP contribution in [0.1, 0.15) is 23.9 Å². The molecule has 1 aromatic heterocycles. The first kappa shape index (κ1) is 21.8. The Morgan fingerprint density at radius 3 is 2.43 bits per heavy atom. The summed E-state index contributed by atoms with van der Waals surface area (Å²) in [6, 6.07) is 14.9. The van der Waals surface area contributed by atoms with Crippen molar-refractivity contribution in [3.63, 3.8) is 0 Å². The molecule has 2 aromatic carbocycles. The zero-order valence-electron chi connectivity index (χ0n) is 17.4. The molecule has 2 amide bonds. The number of fused-ring (bicyclic) bond motifs is 1. The molecule has 0 saturated carbocycles. The number of aromatic nitrogens is 2. The number of para-hydroxylation sites is 2. The van der Waals surface area contributed by atoms with E-state index in [1.54, 1.807) is 24.1 Å². The van der Waals surface area contributed by atoms with Gasteiger partial charge in [0.05, 0.1) is 23.3 Å². The standard InChI is InChI=1S/C21H27N5O3S/c1-4-26-19-8-6-5-7-18(19)24-20(26)14-25(3)21(27)23-13-16-9-11-17(12-10-16)15-30(28,29)22-2/h5-12,22H,4,13-15H2,1-3H3,(H,23,27). The second kappa shape index (κ2) is 9.27. The van der Waals surface area contributed by atoms with Crippen LogP contribution in [0.2, 0.25) is 0 Å². The Morgan fingerprint density at radius 1 is 1.10 bits per heavy atom. The molecule has 0 bridgehead atoms. The van der Waals surface area contributed by atoms with Crippen LogP contribution in [-0.2, 0) is 35.4 Å². The summed E-state index contributed by atoms with van der Waals surface area (Å²) in [7, 11) is -0.171. The zero-order chi connectivity index (χ0) is 21.7. The van der Waals surface area contributed by atoms with Gasteiger partial charge in [0.25, 0.3) is 0 Å². The van der Waals surface area contributed by atoms with Gasteiger partial charge in [-0.1, -0.05) is 36.4 Å². The van der Waals surface area contributed by atoms with Gasteiger partial charge in [-0.15, -0.1) is 0 Å². The lowest BCUT2D eigenvalue weighted by atomic mass is 10.1. The first-order valence-electron chi connectivity index (χ1n) is 9.75. The summed E-state index contributed by atoms with van der Waals surface area (Å²) >= 11 is 0. The fraction of sp³-hybridized carbons (Fsp3) is 0.333. The summed E-state index contributed by atoms with van der Waals surface area (Å²) in [5.74, 6) is 0.767. The van der Waals surface area contributed by atoms with Gasteiger partial charge < -0.3 is 14.8 Å². The van der Waals surface area contributed by atoms with E-state index in [4.69, 9.17) is 0 Å². The molecule has 3 rings (SSSR count). The summed E-state index contributed by atoms with van der Waals surface area (Å²) < 4.78 is 27.6. The van der Waals surface area contributed by atoms with E-state index >= 15 is 0 Å². The van der Waals surface area contributed by atoms with Gasteiger partial charge in [0, 0.05) is 20.1 Å². The number of imidazole rings is 1. The smallest absolute Gasteiger partial charge is 0.317 e. The van der Waals surface area contributed by atoms with Crippen molar-refractivity contribution in [2.45, 2.75) is 32.3 Å². The SMILES string of the molecule is CCn1c(CN(C)C(=O)NCc2ccc(CS(=O)(=O)NC)cc2)nc2ccccc21. The van der Waals surface area contributed by atoms with E-state index in [-0.39, 0.29) is 11.8 Å². The molecule has 0 atom stereocenters. The molecule has 0 unspecified atom stereocenters. The Bertz CT molecular complexity index is 1120. The number of sulfonamides is 1. The van der Waals surface area contributed by atoms with E-state index in [9.17, 15) is 13.2 Å². The number of nitrogens with zero attached hydrogens (tertiary/aromatic N) is 3. The van der Waals surface area contributed by atoms with Gasteiger partial charge in [-0.3, -0.25) is 0 Å². The molecule has 0 aliphatic heterocycles. The van der Waals surface area contributed by atoms with Crippen LogP contribution in [0.4, 0.5) is 4.79 Å². The molecule has 30 heavy (non-hydrogen) atoms. The van der Waals surface area contributed by atoms with E-state index in [0.717, 1.165) is 29.0 Å². The molecule has 160 valence electrons. The fourth-order valence-electron chi connectivity index (χ4n) is 3.24. The van der Waals surface area contributed by atoms with Crippen molar-refractivity contribution in [3.8, 4) is 0 Å². The summed E-state index contributed by atoms with van der Waals surface area (Å²) in [5.41, 5.74) is 3.56. The average molecular weight is 430 g/mol. The lowest BCUT2D eigenvalue weighted by molar-refractivity contribution is 0.205. The number of benzene rings is 2. The maximum Gasteiger partial charge on any atom is 0.317 e. The van der Waals surface area contributed by atoms with Crippen molar-refractivity contribution in [2.75, 3.05) is 14.1 Å². The van der Waals surface area contributed by atoms with Crippen LogP contribution in [0.3, 0.4) is 0 Å². The molecule has 8 nitrogen and oxygen atoms in total. The third-order valence-electron chi connectivity index (χ3n) is 4.91. The molecule has 0 aliphatic rings. The fourth-order valence-corrected chi connectivity index (χ4v) is 4.02. The van der Waals surface area contributed by atoms with E-state index in [1.807, 2.05) is 36.4 Å². The maximum absolute atomic E-state index is 12.5. The van der Waals surface area contributed by atoms with Crippen LogP contribution in [0.5, 0.6) is 0 Å². The first-order chi connectivity index (χ1) is 14.3. The Labute approximate surface area is 177 Å². The van der Waals surface area contributed by atoms with Crippen LogP contribution in [0.15, 0.2) is 48.5 Å². The van der Waals surface area contributed by atoms with Crippen LogP contribution in [0.25, 0.3) is 11.0 Å². The van der Waals surface area contributed by atoms with Gasteiger partial charge >= 0.3 is 6.03 Å². The zero-order valence-corrected chi connectivity index (χ0v) is 18.2. The van der Waals surface area contributed by atoms with Crippen molar-refractivity contribution in [2.24, 2.45) is 0 Å². The summed E-state index contributed by atoms with van der Waals surface area (Å²) in [6.45, 7) is 3.59. The van der Waals surface area contributed by atoms with Crippen LogP contribution in [0, 0.1) is 0 Å². The molecule has 0 spiro atoms. The molecule has 9 heteroatoms. The van der Waals surface area contributed by atoms with E-state index in [1.165, 1.54) is 7.05 Å². The van der Waals surface area contributed by atoms with Gasteiger partial charge in [0.2, 0.25) is 10.0 Å². The van der Waals surface area contributed by atoms with E-state index < -0.39 is 10.0 Å². The molecular weight excluding hydrogens is 402 g/mol. The molecule has 0 fully saturated rings. The lowest BCUT2D eigenvalue weighted by Gasteiger charge is -2.18. The second-order valence-electron chi connectivity index (χ2n) is 7.06. The van der Waals surface area contributed by atoms with Gasteiger partial charge in [0.1, 0.15) is 5.82 Å². The van der Waals surface area contributed by atoms with Gasteiger partial charge in [-0.25, -0.2) is 22.9 Å². The Hall–Kier alpha value is -2.91. The Balaban J connectivity index is 1.59. The van der Waals surface area contributed by atoms with Crippen molar-refractivity contribution in [1.82, 2.24) is 24.5 Å². The second-order valence-corrected chi connectivity index (χ2v) is 8.98. The summed E-state index contributed by atoms with van der Waals surface area (Å²) in [6.07, 6.45) is 0. The number of hydrogen-bond donors (Lipinski definition) is 2. The largest absolute Gasteiger partial charge is 0.334 e. The van der Waals surface area contributed by atoms with Gasteiger partial charge in [-0.2, -0.15) is 0 Å². The average Bonchev–Trinajstić information content (AvgIpc) is 3.09. The topological polar surface area (TPSA) is 96.3 Å². The minimum absolute atomic E-state index is 0.0721. The van der Waals surface area contributed by atoms with Crippen LogP contribution >= 0.6 is 0 Å². The number of carbonyl (C=O) groups is 1. The molecule has 0 saturated heterocycles. The van der Waals surface area contributed by atoms with Gasteiger partial charge in [0.15, 0.2) is 0 Å². The highest BCUT2D eigenvalue weighted by Gasteiger charge is 2.15. The Kier molecular flexibility index (Phi) is 6.73. The molecule has 2 N–H and O–H groups in total. The summed E-state index contributed by atoms with van der Waals surface area (Å²) in [4.78, 5) is 18.8. The number of hydrogen-bond acceptors (Lipinski definition) is 4. The van der Waals surface area contributed by atoms with E-state index in [2.05, 4.69) is 26.5 Å². The monoisotopic (exact) mass is 429 g/mol. The number of rotatable bonds is 8.